The van der Waals surface area contributed by atoms with E-state index in [-0.39, 0.29) is 6.04 Å². The first-order chi connectivity index (χ1) is 6.27. The van der Waals surface area contributed by atoms with Crippen molar-refractivity contribution in [2.24, 2.45) is 0 Å². The minimum Gasteiger partial charge on any atom is -0.311 e. The van der Waals surface area contributed by atoms with Crippen molar-refractivity contribution in [1.82, 2.24) is 5.32 Å². The van der Waals surface area contributed by atoms with Gasteiger partial charge in [0.05, 0.1) is 0 Å². The highest BCUT2D eigenvalue weighted by molar-refractivity contribution is 6.30. The highest BCUT2D eigenvalue weighted by Crippen LogP contribution is 2.27. The van der Waals surface area contributed by atoms with Crippen molar-refractivity contribution < 1.29 is 4.39 Å². The van der Waals surface area contributed by atoms with Gasteiger partial charge >= 0.3 is 0 Å². The lowest BCUT2D eigenvalue weighted by Gasteiger charge is -2.30. The second-order valence-corrected chi connectivity index (χ2v) is 3.74. The molecule has 1 heterocycles. The van der Waals surface area contributed by atoms with Gasteiger partial charge in [0.2, 0.25) is 0 Å². The molecular formula is C10H11ClFN. The zero-order chi connectivity index (χ0) is 9.26. The summed E-state index contributed by atoms with van der Waals surface area (Å²) in [7, 11) is 0. The Bertz CT molecular complexity index is 299. The third-order valence-electron chi connectivity index (χ3n) is 2.38. The van der Waals surface area contributed by atoms with Gasteiger partial charge in [0.15, 0.2) is 0 Å². The summed E-state index contributed by atoms with van der Waals surface area (Å²) in [5.41, 5.74) is 0.671. The molecule has 0 bridgehead atoms. The number of nitrogens with one attached hydrogen (secondary N) is 1. The van der Waals surface area contributed by atoms with E-state index in [1.807, 2.05) is 0 Å². The fraction of sp³-hybridized carbons (Fsp3) is 0.400. The van der Waals surface area contributed by atoms with E-state index in [0.29, 0.717) is 10.6 Å². The molecule has 0 amide bonds. The average Bonchev–Trinajstić information content (AvgIpc) is 2.01. The Morgan fingerprint density at radius 2 is 2.31 bits per heavy atom. The summed E-state index contributed by atoms with van der Waals surface area (Å²) in [6, 6.07) is 6.98. The molecule has 1 N–H and O–H groups in total. The number of hydrogen-bond donors (Lipinski definition) is 1. The van der Waals surface area contributed by atoms with Crippen molar-refractivity contribution in [3.63, 3.8) is 0 Å². The highest BCUT2D eigenvalue weighted by Gasteiger charge is 2.27. The molecule has 1 nitrogen and oxygen atoms in total. The van der Waals surface area contributed by atoms with E-state index in [2.05, 4.69) is 5.32 Å². The van der Waals surface area contributed by atoms with Crippen LogP contribution >= 0.6 is 11.6 Å². The number of alkyl halides is 1. The largest absolute Gasteiger partial charge is 0.311 e. The standard InChI is InChI=1S/C10H11ClFN/c11-8-3-1-2-7(6-8)10(12)9-4-5-13-9/h1-3,6,9-10,13H,4-5H2. The molecule has 0 aliphatic carbocycles. The molecule has 1 aliphatic rings. The summed E-state index contributed by atoms with van der Waals surface area (Å²) in [5.74, 6) is 0. The van der Waals surface area contributed by atoms with Gasteiger partial charge in [-0.05, 0) is 30.7 Å². The zero-order valence-electron chi connectivity index (χ0n) is 7.13. The van der Waals surface area contributed by atoms with Crippen molar-refractivity contribution in [2.45, 2.75) is 18.6 Å². The van der Waals surface area contributed by atoms with E-state index in [4.69, 9.17) is 11.6 Å². The molecule has 2 unspecified atom stereocenters. The van der Waals surface area contributed by atoms with Gasteiger partial charge in [-0.15, -0.1) is 0 Å². The highest BCUT2D eigenvalue weighted by atomic mass is 35.5. The van der Waals surface area contributed by atoms with E-state index in [0.717, 1.165) is 13.0 Å². The third kappa shape index (κ3) is 1.84. The minimum atomic E-state index is -0.924. The van der Waals surface area contributed by atoms with Crippen LogP contribution in [0.1, 0.15) is 18.2 Å². The molecule has 1 aromatic carbocycles. The zero-order valence-corrected chi connectivity index (χ0v) is 7.89. The quantitative estimate of drug-likeness (QED) is 0.773. The maximum atomic E-state index is 13.6. The Labute approximate surface area is 81.9 Å². The van der Waals surface area contributed by atoms with Crippen molar-refractivity contribution in [3.05, 3.63) is 34.9 Å². The van der Waals surface area contributed by atoms with Crippen LogP contribution < -0.4 is 5.32 Å². The average molecular weight is 200 g/mol. The van der Waals surface area contributed by atoms with Crippen LogP contribution in [-0.2, 0) is 0 Å². The molecule has 0 spiro atoms. The van der Waals surface area contributed by atoms with Gasteiger partial charge in [-0.1, -0.05) is 23.7 Å². The number of benzene rings is 1. The van der Waals surface area contributed by atoms with E-state index in [1.54, 1.807) is 24.3 Å². The molecule has 1 saturated heterocycles. The summed E-state index contributed by atoms with van der Waals surface area (Å²) < 4.78 is 13.6. The Morgan fingerprint density at radius 3 is 2.85 bits per heavy atom. The summed E-state index contributed by atoms with van der Waals surface area (Å²) in [5, 5.41) is 3.64. The molecule has 0 radical (unpaired) electrons. The normalized spacial score (nSPS) is 23.7. The van der Waals surface area contributed by atoms with E-state index in [9.17, 15) is 4.39 Å². The monoisotopic (exact) mass is 199 g/mol. The van der Waals surface area contributed by atoms with Crippen molar-refractivity contribution in [2.75, 3.05) is 6.54 Å². The van der Waals surface area contributed by atoms with Gasteiger partial charge in [-0.2, -0.15) is 0 Å². The third-order valence-corrected chi connectivity index (χ3v) is 2.62. The maximum Gasteiger partial charge on any atom is 0.140 e. The van der Waals surface area contributed by atoms with Crippen molar-refractivity contribution in [1.29, 1.82) is 0 Å². The molecule has 13 heavy (non-hydrogen) atoms. The van der Waals surface area contributed by atoms with Gasteiger partial charge in [0, 0.05) is 11.1 Å². The predicted molar refractivity (Wildman–Crippen MR) is 51.7 cm³/mol. The second-order valence-electron chi connectivity index (χ2n) is 3.31. The second kappa shape index (κ2) is 3.64. The van der Waals surface area contributed by atoms with Crippen LogP contribution in [0.2, 0.25) is 5.02 Å². The van der Waals surface area contributed by atoms with Crippen molar-refractivity contribution in [3.8, 4) is 0 Å². The molecule has 1 fully saturated rings. The van der Waals surface area contributed by atoms with Gasteiger partial charge < -0.3 is 5.32 Å². The summed E-state index contributed by atoms with van der Waals surface area (Å²) >= 11 is 5.77. The van der Waals surface area contributed by atoms with Crippen LogP contribution in [0.3, 0.4) is 0 Å². The first-order valence-corrected chi connectivity index (χ1v) is 4.78. The Hall–Kier alpha value is -0.600. The van der Waals surface area contributed by atoms with Gasteiger partial charge in [0.1, 0.15) is 6.17 Å². The molecule has 70 valence electrons. The Kier molecular flexibility index (Phi) is 2.51. The maximum absolute atomic E-state index is 13.6. The van der Waals surface area contributed by atoms with Crippen LogP contribution in [0, 0.1) is 0 Å². The molecular weight excluding hydrogens is 189 g/mol. The van der Waals surface area contributed by atoms with Crippen LogP contribution in [-0.4, -0.2) is 12.6 Å². The Balaban J connectivity index is 2.14. The molecule has 0 aromatic heterocycles. The van der Waals surface area contributed by atoms with Gasteiger partial charge in [-0.25, -0.2) is 4.39 Å². The fourth-order valence-electron chi connectivity index (χ4n) is 1.47. The first kappa shape index (κ1) is 8.97. The summed E-state index contributed by atoms with van der Waals surface area (Å²) in [6.07, 6.45) is -0.0133. The van der Waals surface area contributed by atoms with Crippen molar-refractivity contribution >= 4 is 11.6 Å². The molecule has 3 heteroatoms. The minimum absolute atomic E-state index is 0.0153. The number of halogens is 2. The number of hydrogen-bond acceptors (Lipinski definition) is 1. The van der Waals surface area contributed by atoms with Crippen LogP contribution in [0.4, 0.5) is 4.39 Å². The predicted octanol–water partition coefficient (Wildman–Crippen LogP) is 2.71. The summed E-state index contributed by atoms with van der Waals surface area (Å²) in [4.78, 5) is 0. The first-order valence-electron chi connectivity index (χ1n) is 4.40. The molecule has 2 atom stereocenters. The lowest BCUT2D eigenvalue weighted by atomic mass is 9.96. The van der Waals surface area contributed by atoms with E-state index in [1.165, 1.54) is 0 Å². The fourth-order valence-corrected chi connectivity index (χ4v) is 1.67. The lowest BCUT2D eigenvalue weighted by molar-refractivity contribution is 0.194. The molecule has 0 saturated carbocycles. The summed E-state index contributed by atoms with van der Waals surface area (Å²) in [6.45, 7) is 0.922. The molecule has 2 rings (SSSR count). The topological polar surface area (TPSA) is 12.0 Å². The van der Waals surface area contributed by atoms with Gasteiger partial charge in [-0.3, -0.25) is 0 Å². The van der Waals surface area contributed by atoms with Crippen LogP contribution in [0.25, 0.3) is 0 Å². The van der Waals surface area contributed by atoms with Crippen LogP contribution in [0.15, 0.2) is 24.3 Å². The smallest absolute Gasteiger partial charge is 0.140 e. The Morgan fingerprint density at radius 1 is 1.54 bits per heavy atom. The van der Waals surface area contributed by atoms with Crippen LogP contribution in [0.5, 0.6) is 0 Å². The molecule has 1 aromatic rings. The lowest BCUT2D eigenvalue weighted by Crippen LogP contribution is -2.45. The number of rotatable bonds is 2. The SMILES string of the molecule is FC(c1cccc(Cl)c1)C1CCN1. The van der Waals surface area contributed by atoms with E-state index >= 15 is 0 Å². The van der Waals surface area contributed by atoms with Gasteiger partial charge in [0.25, 0.3) is 0 Å². The molecule has 1 aliphatic heterocycles. The van der Waals surface area contributed by atoms with E-state index < -0.39 is 6.17 Å².